The lowest BCUT2D eigenvalue weighted by atomic mass is 9.96. The lowest BCUT2D eigenvalue weighted by Gasteiger charge is -2.39. The molecule has 0 saturated carbocycles. The molecule has 0 radical (unpaired) electrons. The number of likely N-dealkylation sites (tertiary alicyclic amines) is 1. The van der Waals surface area contributed by atoms with Crippen LogP contribution in [0.1, 0.15) is 31.7 Å². The molecule has 1 aromatic rings. The first-order valence-corrected chi connectivity index (χ1v) is 12.0. The molecule has 32 heavy (non-hydrogen) atoms. The third-order valence-electron chi connectivity index (χ3n) is 6.74. The molecule has 1 aromatic carbocycles. The van der Waals surface area contributed by atoms with Crippen LogP contribution in [-0.2, 0) is 9.53 Å². The van der Waals surface area contributed by atoms with Gasteiger partial charge < -0.3 is 19.7 Å². The minimum Gasteiger partial charge on any atom is -0.486 e. The van der Waals surface area contributed by atoms with Gasteiger partial charge >= 0.3 is 6.03 Å². The smallest absolute Gasteiger partial charge is 0.324 e. The number of aryl methyl sites for hydroxylation is 1. The van der Waals surface area contributed by atoms with E-state index in [2.05, 4.69) is 17.1 Å². The summed E-state index contributed by atoms with van der Waals surface area (Å²) in [6, 6.07) is 6.02. The fourth-order valence-electron chi connectivity index (χ4n) is 4.66. The summed E-state index contributed by atoms with van der Waals surface area (Å²) in [5.41, 5.74) is 1.95. The van der Waals surface area contributed by atoms with Crippen molar-refractivity contribution in [3.63, 3.8) is 0 Å². The number of fused-ring (bicyclic) bond motifs is 1. The molecule has 2 saturated heterocycles. The molecule has 1 unspecified atom stereocenters. The van der Waals surface area contributed by atoms with Gasteiger partial charge in [-0.3, -0.25) is 14.6 Å². The van der Waals surface area contributed by atoms with E-state index in [9.17, 15) is 9.59 Å². The van der Waals surface area contributed by atoms with Crippen molar-refractivity contribution in [2.45, 2.75) is 39.2 Å². The second kappa shape index (κ2) is 10.5. The maximum atomic E-state index is 13.4. The topological polar surface area (TPSA) is 74.4 Å². The van der Waals surface area contributed by atoms with Gasteiger partial charge in [-0.15, -0.1) is 0 Å². The van der Waals surface area contributed by atoms with E-state index in [1.807, 2.05) is 34.9 Å². The Balaban J connectivity index is 1.28. The maximum absolute atomic E-state index is 13.4. The molecule has 8 heteroatoms. The van der Waals surface area contributed by atoms with Crippen molar-refractivity contribution in [2.24, 2.45) is 5.92 Å². The fraction of sp³-hybridized carbons (Fsp3) is 0.667. The van der Waals surface area contributed by atoms with E-state index >= 15 is 0 Å². The van der Waals surface area contributed by atoms with Crippen LogP contribution in [-0.4, -0.2) is 86.9 Å². The van der Waals surface area contributed by atoms with Gasteiger partial charge in [0.2, 0.25) is 5.91 Å². The average molecular weight is 445 g/mol. The molecule has 176 valence electrons. The predicted octanol–water partition coefficient (Wildman–Crippen LogP) is 2.25. The minimum absolute atomic E-state index is 0.00365. The number of morpholine rings is 1. The molecular formula is C24H36N4O4. The highest BCUT2D eigenvalue weighted by molar-refractivity contribution is 5.94. The third kappa shape index (κ3) is 5.35. The zero-order valence-corrected chi connectivity index (χ0v) is 19.3. The summed E-state index contributed by atoms with van der Waals surface area (Å²) in [4.78, 5) is 32.1. The van der Waals surface area contributed by atoms with E-state index in [-0.39, 0.29) is 24.0 Å². The van der Waals surface area contributed by atoms with Crippen LogP contribution in [0.5, 0.6) is 5.75 Å². The Labute approximate surface area is 190 Å². The van der Waals surface area contributed by atoms with E-state index in [4.69, 9.17) is 9.47 Å². The Kier molecular flexibility index (Phi) is 7.52. The van der Waals surface area contributed by atoms with Gasteiger partial charge in [0.15, 0.2) is 0 Å². The van der Waals surface area contributed by atoms with Crippen molar-refractivity contribution in [1.29, 1.82) is 0 Å². The monoisotopic (exact) mass is 444 g/mol. The Bertz CT molecular complexity index is 803. The molecule has 0 aromatic heterocycles. The van der Waals surface area contributed by atoms with Crippen LogP contribution in [0.15, 0.2) is 18.2 Å². The quantitative estimate of drug-likeness (QED) is 0.754. The van der Waals surface area contributed by atoms with Gasteiger partial charge in [0.05, 0.1) is 25.4 Å². The van der Waals surface area contributed by atoms with Gasteiger partial charge in [-0.05, 0) is 43.9 Å². The van der Waals surface area contributed by atoms with Crippen molar-refractivity contribution in [3.05, 3.63) is 23.8 Å². The first-order valence-electron chi connectivity index (χ1n) is 12.0. The van der Waals surface area contributed by atoms with Crippen molar-refractivity contribution < 1.29 is 19.1 Å². The number of nitrogens with zero attached hydrogens (tertiary/aromatic N) is 3. The molecule has 0 bridgehead atoms. The normalized spacial score (nSPS) is 22.2. The van der Waals surface area contributed by atoms with Crippen LogP contribution in [0, 0.1) is 12.8 Å². The van der Waals surface area contributed by atoms with Crippen molar-refractivity contribution >= 4 is 17.6 Å². The summed E-state index contributed by atoms with van der Waals surface area (Å²) in [6.45, 7) is 10.8. The standard InChI is InChI=1S/C24H36N4O4/c1-3-20-17-28(21-16-18(2)4-5-22(21)32-20)24(30)27-9-6-19(7-10-27)23(29)25-8-11-26-12-14-31-15-13-26/h4-5,16,19-20H,3,6-15,17H2,1-2H3,(H,25,29). The molecule has 1 atom stereocenters. The summed E-state index contributed by atoms with van der Waals surface area (Å²) in [5, 5.41) is 3.09. The molecule has 2 fully saturated rings. The molecule has 3 heterocycles. The zero-order valence-electron chi connectivity index (χ0n) is 19.3. The maximum Gasteiger partial charge on any atom is 0.324 e. The average Bonchev–Trinajstić information content (AvgIpc) is 2.83. The molecule has 3 aliphatic heterocycles. The van der Waals surface area contributed by atoms with E-state index in [0.29, 0.717) is 39.0 Å². The Morgan fingerprint density at radius 3 is 2.59 bits per heavy atom. The molecule has 0 spiro atoms. The van der Waals surface area contributed by atoms with E-state index in [1.54, 1.807) is 0 Å². The van der Waals surface area contributed by atoms with E-state index in [0.717, 1.165) is 56.3 Å². The number of anilines is 1. The van der Waals surface area contributed by atoms with Crippen molar-refractivity contribution in [1.82, 2.24) is 15.1 Å². The van der Waals surface area contributed by atoms with Crippen LogP contribution in [0.3, 0.4) is 0 Å². The van der Waals surface area contributed by atoms with Crippen LogP contribution in [0.2, 0.25) is 0 Å². The SMILES string of the molecule is CCC1CN(C(=O)N2CCC(C(=O)NCCN3CCOCC3)CC2)c2cc(C)ccc2O1. The van der Waals surface area contributed by atoms with Crippen LogP contribution >= 0.6 is 0 Å². The highest BCUT2D eigenvalue weighted by atomic mass is 16.5. The molecule has 0 aliphatic carbocycles. The van der Waals surface area contributed by atoms with Gasteiger partial charge in [0.1, 0.15) is 11.9 Å². The number of rotatable bonds is 5. The summed E-state index contributed by atoms with van der Waals surface area (Å²) >= 11 is 0. The Morgan fingerprint density at radius 2 is 1.88 bits per heavy atom. The lowest BCUT2D eigenvalue weighted by Crippen LogP contribution is -2.52. The molecule has 3 aliphatic rings. The minimum atomic E-state index is -0.0219. The van der Waals surface area contributed by atoms with Crippen LogP contribution in [0.25, 0.3) is 0 Å². The number of hydrogen-bond acceptors (Lipinski definition) is 5. The predicted molar refractivity (Wildman–Crippen MR) is 123 cm³/mol. The van der Waals surface area contributed by atoms with Gasteiger partial charge in [-0.1, -0.05) is 13.0 Å². The summed E-state index contributed by atoms with van der Waals surface area (Å²) < 4.78 is 11.4. The molecule has 4 rings (SSSR count). The van der Waals surface area contributed by atoms with Crippen molar-refractivity contribution in [2.75, 3.05) is 63.9 Å². The number of amides is 3. The number of hydrogen-bond donors (Lipinski definition) is 1. The van der Waals surface area contributed by atoms with Crippen molar-refractivity contribution in [3.8, 4) is 5.75 Å². The number of ether oxygens (including phenoxy) is 2. The fourth-order valence-corrected chi connectivity index (χ4v) is 4.66. The number of urea groups is 1. The van der Waals surface area contributed by atoms with E-state index in [1.165, 1.54) is 0 Å². The highest BCUT2D eigenvalue weighted by Crippen LogP contribution is 2.36. The third-order valence-corrected chi connectivity index (χ3v) is 6.74. The molecule has 8 nitrogen and oxygen atoms in total. The largest absolute Gasteiger partial charge is 0.486 e. The van der Waals surface area contributed by atoms with Gasteiger partial charge in [-0.25, -0.2) is 4.79 Å². The van der Waals surface area contributed by atoms with Crippen LogP contribution in [0.4, 0.5) is 10.5 Å². The number of piperidine rings is 1. The van der Waals surface area contributed by atoms with Gasteiger partial charge in [-0.2, -0.15) is 0 Å². The second-order valence-corrected chi connectivity index (χ2v) is 9.02. The van der Waals surface area contributed by atoms with Crippen LogP contribution < -0.4 is 15.0 Å². The van der Waals surface area contributed by atoms with Gasteiger partial charge in [0.25, 0.3) is 0 Å². The number of carbonyl (C=O) groups excluding carboxylic acids is 2. The molecular weight excluding hydrogens is 408 g/mol. The molecule has 1 N–H and O–H groups in total. The van der Waals surface area contributed by atoms with E-state index < -0.39 is 0 Å². The highest BCUT2D eigenvalue weighted by Gasteiger charge is 2.34. The summed E-state index contributed by atoms with van der Waals surface area (Å²) in [7, 11) is 0. The Morgan fingerprint density at radius 1 is 1.12 bits per heavy atom. The second-order valence-electron chi connectivity index (χ2n) is 9.02. The Hall–Kier alpha value is -2.32. The first-order chi connectivity index (χ1) is 15.5. The number of benzene rings is 1. The van der Waals surface area contributed by atoms with Gasteiger partial charge in [0, 0.05) is 45.2 Å². The first kappa shape index (κ1) is 22.9. The summed E-state index contributed by atoms with van der Waals surface area (Å²) in [6.07, 6.45) is 2.27. The number of nitrogens with one attached hydrogen (secondary N) is 1. The summed E-state index contributed by atoms with van der Waals surface area (Å²) in [5.74, 6) is 0.867. The number of carbonyl (C=O) groups is 2. The molecule has 3 amide bonds. The zero-order chi connectivity index (χ0) is 22.5. The lowest BCUT2D eigenvalue weighted by molar-refractivity contribution is -0.126.